The summed E-state index contributed by atoms with van der Waals surface area (Å²) in [6.45, 7) is 4.58. The van der Waals surface area contributed by atoms with Gasteiger partial charge >= 0.3 is 0 Å². The molecule has 0 atom stereocenters. The second-order valence-corrected chi connectivity index (χ2v) is 10.9. The minimum absolute atomic E-state index is 0.110. The lowest BCUT2D eigenvalue weighted by atomic mass is 9.82. The van der Waals surface area contributed by atoms with Gasteiger partial charge in [0.05, 0.1) is 33.5 Å². The van der Waals surface area contributed by atoms with Gasteiger partial charge in [0.15, 0.2) is 0 Å². The van der Waals surface area contributed by atoms with Crippen molar-refractivity contribution in [3.05, 3.63) is 131 Å². The molecule has 39 heavy (non-hydrogen) atoms. The Kier molecular flexibility index (Phi) is 4.27. The zero-order chi connectivity index (χ0) is 26.5. The number of carbonyl (C=O) groups is 2. The fourth-order valence-electron chi connectivity index (χ4n) is 6.67. The van der Waals surface area contributed by atoms with Crippen molar-refractivity contribution in [3.63, 3.8) is 0 Å². The van der Waals surface area contributed by atoms with Gasteiger partial charge in [-0.1, -0.05) is 80.6 Å². The third-order valence-corrected chi connectivity index (χ3v) is 8.53. The maximum absolute atomic E-state index is 13.5. The van der Waals surface area contributed by atoms with Crippen molar-refractivity contribution in [1.82, 2.24) is 4.57 Å². The van der Waals surface area contributed by atoms with Gasteiger partial charge in [-0.3, -0.25) is 9.59 Å². The van der Waals surface area contributed by atoms with Crippen LogP contribution in [-0.2, 0) is 5.41 Å². The molecule has 0 saturated carbocycles. The molecular formula is C35H24N2O2. The maximum Gasteiger partial charge on any atom is 0.266 e. The monoisotopic (exact) mass is 504 g/mol. The molecule has 0 radical (unpaired) electrons. The minimum atomic E-state index is -0.291. The first-order valence-electron chi connectivity index (χ1n) is 13.2. The average molecular weight is 505 g/mol. The van der Waals surface area contributed by atoms with Crippen LogP contribution in [0.5, 0.6) is 0 Å². The number of hydrogen-bond acceptors (Lipinski definition) is 2. The zero-order valence-corrected chi connectivity index (χ0v) is 21.6. The summed E-state index contributed by atoms with van der Waals surface area (Å²) in [6, 6.07) is 36.4. The van der Waals surface area contributed by atoms with E-state index in [0.29, 0.717) is 16.8 Å². The lowest BCUT2D eigenvalue weighted by Gasteiger charge is -2.22. The summed E-state index contributed by atoms with van der Waals surface area (Å²) in [5.41, 5.74) is 9.35. The van der Waals surface area contributed by atoms with E-state index in [1.807, 2.05) is 30.3 Å². The van der Waals surface area contributed by atoms with Gasteiger partial charge in [-0.05, 0) is 64.7 Å². The van der Waals surface area contributed by atoms with E-state index in [2.05, 4.69) is 73.0 Å². The third-order valence-electron chi connectivity index (χ3n) is 8.53. The highest BCUT2D eigenvalue weighted by Crippen LogP contribution is 2.51. The first-order chi connectivity index (χ1) is 19.0. The molecule has 2 aliphatic rings. The summed E-state index contributed by atoms with van der Waals surface area (Å²) in [5, 5.41) is 2.29. The van der Waals surface area contributed by atoms with Crippen LogP contribution in [0.3, 0.4) is 0 Å². The molecule has 5 aromatic carbocycles. The highest BCUT2D eigenvalue weighted by atomic mass is 16.2. The van der Waals surface area contributed by atoms with Gasteiger partial charge in [0, 0.05) is 16.2 Å². The normalized spacial score (nSPS) is 15.2. The Labute approximate surface area is 225 Å². The molecule has 1 aliphatic heterocycles. The number of para-hydroxylation sites is 3. The quantitative estimate of drug-likeness (QED) is 0.225. The van der Waals surface area contributed by atoms with Gasteiger partial charge in [0.1, 0.15) is 0 Å². The second-order valence-electron chi connectivity index (χ2n) is 10.9. The molecule has 0 spiro atoms. The Bertz CT molecular complexity index is 2010. The van der Waals surface area contributed by atoms with Crippen molar-refractivity contribution >= 4 is 39.3 Å². The molecule has 0 saturated heterocycles. The van der Waals surface area contributed by atoms with Gasteiger partial charge in [-0.15, -0.1) is 0 Å². The fraction of sp³-hybridized carbons (Fsp3) is 0.0857. The Hall–Kier alpha value is -4.96. The van der Waals surface area contributed by atoms with E-state index in [9.17, 15) is 9.59 Å². The number of benzene rings is 5. The zero-order valence-electron chi connectivity index (χ0n) is 21.6. The summed E-state index contributed by atoms with van der Waals surface area (Å²) in [5.74, 6) is -0.583. The number of fused-ring (bicyclic) bond motifs is 7. The Morgan fingerprint density at radius 1 is 0.513 bits per heavy atom. The smallest absolute Gasteiger partial charge is 0.266 e. The molecule has 1 aliphatic carbocycles. The van der Waals surface area contributed by atoms with Crippen molar-refractivity contribution in [1.29, 1.82) is 0 Å². The van der Waals surface area contributed by atoms with Crippen molar-refractivity contribution in [2.75, 3.05) is 4.90 Å². The van der Waals surface area contributed by atoms with Gasteiger partial charge < -0.3 is 4.57 Å². The minimum Gasteiger partial charge on any atom is -0.307 e. The number of rotatable bonds is 2. The molecular weight excluding hydrogens is 480 g/mol. The SMILES string of the molecule is CC1(C)c2ccccc2-c2cc3c(cc21)c1ccccc1n3-c1ccccc1N1C(=O)c2ccccc2C1=O. The van der Waals surface area contributed by atoms with Crippen LogP contribution in [0.15, 0.2) is 109 Å². The van der Waals surface area contributed by atoms with Crippen LogP contribution in [0.4, 0.5) is 5.69 Å². The van der Waals surface area contributed by atoms with Crippen molar-refractivity contribution in [2.45, 2.75) is 19.3 Å². The van der Waals surface area contributed by atoms with E-state index in [4.69, 9.17) is 0 Å². The molecule has 0 N–H and O–H groups in total. The number of carbonyl (C=O) groups excluding carboxylic acids is 2. The molecule has 0 bridgehead atoms. The summed E-state index contributed by atoms with van der Waals surface area (Å²) in [6.07, 6.45) is 0. The summed E-state index contributed by atoms with van der Waals surface area (Å²) >= 11 is 0. The topological polar surface area (TPSA) is 42.3 Å². The fourth-order valence-corrected chi connectivity index (χ4v) is 6.67. The molecule has 8 rings (SSSR count). The number of hydrogen-bond donors (Lipinski definition) is 0. The highest BCUT2D eigenvalue weighted by molar-refractivity contribution is 6.35. The summed E-state index contributed by atoms with van der Waals surface area (Å²) < 4.78 is 2.21. The van der Waals surface area contributed by atoms with Crippen molar-refractivity contribution < 1.29 is 9.59 Å². The van der Waals surface area contributed by atoms with Gasteiger partial charge in [0.2, 0.25) is 0 Å². The van der Waals surface area contributed by atoms with Crippen LogP contribution in [0, 0.1) is 0 Å². The number of anilines is 1. The summed E-state index contributed by atoms with van der Waals surface area (Å²) in [4.78, 5) is 28.4. The lowest BCUT2D eigenvalue weighted by Crippen LogP contribution is -2.30. The first kappa shape index (κ1) is 22.1. The maximum atomic E-state index is 13.5. The number of imide groups is 1. The van der Waals surface area contributed by atoms with Crippen LogP contribution in [0.1, 0.15) is 45.7 Å². The molecule has 4 nitrogen and oxygen atoms in total. The Balaban J connectivity index is 1.44. The predicted molar refractivity (Wildman–Crippen MR) is 156 cm³/mol. The third kappa shape index (κ3) is 2.78. The highest BCUT2D eigenvalue weighted by Gasteiger charge is 2.39. The van der Waals surface area contributed by atoms with Crippen LogP contribution in [0.2, 0.25) is 0 Å². The van der Waals surface area contributed by atoms with Crippen LogP contribution in [-0.4, -0.2) is 16.4 Å². The molecule has 2 heterocycles. The van der Waals surface area contributed by atoms with E-state index in [0.717, 1.165) is 27.5 Å². The number of nitrogens with zero attached hydrogens (tertiary/aromatic N) is 2. The molecule has 0 fully saturated rings. The van der Waals surface area contributed by atoms with E-state index in [1.165, 1.54) is 27.2 Å². The second kappa shape index (κ2) is 7.55. The average Bonchev–Trinajstić information content (AvgIpc) is 3.51. The van der Waals surface area contributed by atoms with Crippen molar-refractivity contribution in [2.24, 2.45) is 0 Å². The van der Waals surface area contributed by atoms with E-state index in [1.54, 1.807) is 24.3 Å². The molecule has 1 aromatic heterocycles. The van der Waals surface area contributed by atoms with E-state index < -0.39 is 0 Å². The van der Waals surface area contributed by atoms with Crippen LogP contribution >= 0.6 is 0 Å². The van der Waals surface area contributed by atoms with Crippen molar-refractivity contribution in [3.8, 4) is 16.8 Å². The van der Waals surface area contributed by atoms with Gasteiger partial charge in [0.25, 0.3) is 11.8 Å². The lowest BCUT2D eigenvalue weighted by molar-refractivity contribution is 0.0926. The number of amides is 2. The molecule has 186 valence electrons. The summed E-state index contributed by atoms with van der Waals surface area (Å²) in [7, 11) is 0. The Morgan fingerprint density at radius 3 is 1.85 bits per heavy atom. The number of aromatic nitrogens is 1. The van der Waals surface area contributed by atoms with Crippen LogP contribution < -0.4 is 4.90 Å². The predicted octanol–water partition coefficient (Wildman–Crippen LogP) is 7.89. The van der Waals surface area contributed by atoms with Gasteiger partial charge in [-0.25, -0.2) is 4.90 Å². The van der Waals surface area contributed by atoms with Gasteiger partial charge in [-0.2, -0.15) is 0 Å². The standard InChI is InChI=1S/C35H24N2O2/c1-35(2)27-15-7-5-11-21(27)25-20-32-26(19-28(25)35)22-12-6-8-16-29(22)36(32)30-17-9-10-18-31(30)37-33(38)23-13-3-4-14-24(23)34(37)39/h3-20H,1-2H3. The van der Waals surface area contributed by atoms with E-state index >= 15 is 0 Å². The van der Waals surface area contributed by atoms with Crippen LogP contribution in [0.25, 0.3) is 38.6 Å². The molecule has 6 aromatic rings. The molecule has 0 unspecified atom stereocenters. The van der Waals surface area contributed by atoms with E-state index in [-0.39, 0.29) is 17.2 Å². The Morgan fingerprint density at radius 2 is 1.10 bits per heavy atom. The largest absolute Gasteiger partial charge is 0.307 e. The molecule has 4 heteroatoms. The first-order valence-corrected chi connectivity index (χ1v) is 13.2. The molecule has 2 amide bonds.